The highest BCUT2D eigenvalue weighted by atomic mass is 35.5. The topological polar surface area (TPSA) is 24.9 Å². The molecule has 2 nitrogen and oxygen atoms in total. The van der Waals surface area contributed by atoms with Crippen molar-refractivity contribution in [2.45, 2.75) is 32.2 Å². The van der Waals surface area contributed by atoms with Gasteiger partial charge in [-0.2, -0.15) is 0 Å². The van der Waals surface area contributed by atoms with E-state index in [-0.39, 0.29) is 11.5 Å². The van der Waals surface area contributed by atoms with E-state index in [4.69, 9.17) is 11.6 Å². The van der Waals surface area contributed by atoms with E-state index >= 15 is 0 Å². The first kappa shape index (κ1) is 15.0. The van der Waals surface area contributed by atoms with Crippen molar-refractivity contribution in [2.75, 3.05) is 7.05 Å². The van der Waals surface area contributed by atoms with E-state index in [9.17, 15) is 0 Å². The van der Waals surface area contributed by atoms with Gasteiger partial charge in [-0.1, -0.05) is 56.6 Å². The third-order valence-electron chi connectivity index (χ3n) is 3.44. The minimum Gasteiger partial charge on any atom is -0.308 e. The first-order valence-corrected chi connectivity index (χ1v) is 7.19. The molecule has 1 atom stereocenters. The number of pyridine rings is 1. The van der Waals surface area contributed by atoms with Crippen LogP contribution < -0.4 is 5.32 Å². The van der Waals surface area contributed by atoms with Crippen LogP contribution in [0.15, 0.2) is 42.6 Å². The molecule has 1 aromatic heterocycles. The van der Waals surface area contributed by atoms with Gasteiger partial charge in [-0.25, -0.2) is 0 Å². The highest BCUT2D eigenvalue weighted by molar-refractivity contribution is 6.30. The van der Waals surface area contributed by atoms with Gasteiger partial charge in [-0.05, 0) is 35.7 Å². The van der Waals surface area contributed by atoms with Crippen molar-refractivity contribution < 1.29 is 0 Å². The molecule has 0 aliphatic rings. The predicted octanol–water partition coefficient (Wildman–Crippen LogP) is 4.34. The molecule has 0 bridgehead atoms. The molecule has 106 valence electrons. The zero-order chi connectivity index (χ0) is 14.8. The molecule has 0 amide bonds. The van der Waals surface area contributed by atoms with Crippen molar-refractivity contribution >= 4 is 11.6 Å². The van der Waals surface area contributed by atoms with Crippen LogP contribution in [0.1, 0.15) is 43.6 Å². The van der Waals surface area contributed by atoms with E-state index < -0.39 is 0 Å². The lowest BCUT2D eigenvalue weighted by Gasteiger charge is -2.21. The van der Waals surface area contributed by atoms with E-state index in [2.05, 4.69) is 55.3 Å². The molecule has 0 saturated carbocycles. The Bertz CT molecular complexity index is 553. The molecule has 2 aromatic rings. The number of nitrogens with one attached hydrogen (secondary N) is 1. The monoisotopic (exact) mass is 288 g/mol. The zero-order valence-corrected chi connectivity index (χ0v) is 13.2. The second-order valence-corrected chi connectivity index (χ2v) is 6.43. The summed E-state index contributed by atoms with van der Waals surface area (Å²) in [6.45, 7) is 6.66. The Morgan fingerprint density at radius 2 is 1.70 bits per heavy atom. The molecule has 1 N–H and O–H groups in total. The molecule has 1 unspecified atom stereocenters. The van der Waals surface area contributed by atoms with Crippen LogP contribution in [0.3, 0.4) is 0 Å². The normalized spacial score (nSPS) is 13.2. The molecular formula is C17H21ClN2. The summed E-state index contributed by atoms with van der Waals surface area (Å²) in [5.74, 6) is 0. The minimum atomic E-state index is 0.0845. The van der Waals surface area contributed by atoms with Gasteiger partial charge in [0.1, 0.15) is 0 Å². The number of benzene rings is 1. The molecule has 1 aromatic carbocycles. The molecule has 0 spiro atoms. The van der Waals surface area contributed by atoms with E-state index in [1.165, 1.54) is 11.1 Å². The van der Waals surface area contributed by atoms with Crippen LogP contribution in [0.2, 0.25) is 5.02 Å². The lowest BCUT2D eigenvalue weighted by Crippen LogP contribution is -2.19. The highest BCUT2D eigenvalue weighted by Gasteiger charge is 2.16. The number of hydrogen-bond acceptors (Lipinski definition) is 2. The Morgan fingerprint density at radius 3 is 2.15 bits per heavy atom. The number of aromatic nitrogens is 1. The summed E-state index contributed by atoms with van der Waals surface area (Å²) in [7, 11) is 1.94. The van der Waals surface area contributed by atoms with Gasteiger partial charge in [0.05, 0.1) is 16.8 Å². The van der Waals surface area contributed by atoms with Gasteiger partial charge >= 0.3 is 0 Å². The molecule has 3 heteroatoms. The maximum atomic E-state index is 5.89. The molecule has 0 saturated heterocycles. The average Bonchev–Trinajstić information content (AvgIpc) is 2.41. The lowest BCUT2D eigenvalue weighted by molar-refractivity contribution is 0.588. The van der Waals surface area contributed by atoms with Crippen LogP contribution >= 0.6 is 11.6 Å². The molecule has 0 aliphatic heterocycles. The van der Waals surface area contributed by atoms with Gasteiger partial charge in [0.2, 0.25) is 0 Å². The summed E-state index contributed by atoms with van der Waals surface area (Å²) >= 11 is 5.89. The third-order valence-corrected chi connectivity index (χ3v) is 3.67. The van der Waals surface area contributed by atoms with Gasteiger partial charge in [-0.3, -0.25) is 4.98 Å². The Balaban J connectivity index is 2.30. The molecule has 2 rings (SSSR count). The fourth-order valence-electron chi connectivity index (χ4n) is 2.22. The van der Waals surface area contributed by atoms with Gasteiger partial charge in [0.15, 0.2) is 0 Å². The zero-order valence-electron chi connectivity index (χ0n) is 12.4. The van der Waals surface area contributed by atoms with E-state index in [1.807, 2.05) is 19.2 Å². The molecule has 1 heterocycles. The van der Waals surface area contributed by atoms with Gasteiger partial charge in [0, 0.05) is 6.20 Å². The van der Waals surface area contributed by atoms with E-state index in [1.54, 1.807) is 6.20 Å². The summed E-state index contributed by atoms with van der Waals surface area (Å²) in [5, 5.41) is 3.97. The maximum Gasteiger partial charge on any atom is 0.0748 e. The van der Waals surface area contributed by atoms with Crippen molar-refractivity contribution in [3.63, 3.8) is 0 Å². The highest BCUT2D eigenvalue weighted by Crippen LogP contribution is 2.26. The molecule has 0 aliphatic carbocycles. The van der Waals surface area contributed by atoms with Gasteiger partial charge < -0.3 is 5.32 Å². The number of nitrogens with zero attached hydrogens (tertiary/aromatic N) is 1. The second-order valence-electron chi connectivity index (χ2n) is 5.99. The first-order valence-electron chi connectivity index (χ1n) is 6.81. The third kappa shape index (κ3) is 3.38. The van der Waals surface area contributed by atoms with Gasteiger partial charge in [0.25, 0.3) is 0 Å². The first-order chi connectivity index (χ1) is 9.41. The van der Waals surface area contributed by atoms with Gasteiger partial charge in [-0.15, -0.1) is 0 Å². The Kier molecular flexibility index (Phi) is 4.46. The molecular weight excluding hydrogens is 268 g/mol. The Hall–Kier alpha value is -1.38. The standard InChI is InChI=1S/C17H21ClN2/c1-17(2,3)13-7-5-12(6-8-13)16(19-4)15-10-9-14(18)11-20-15/h5-11,16,19H,1-4H3. The van der Waals surface area contributed by atoms with Crippen molar-refractivity contribution in [1.82, 2.24) is 10.3 Å². The van der Waals surface area contributed by atoms with Crippen LogP contribution in [0.25, 0.3) is 0 Å². The maximum absolute atomic E-state index is 5.89. The van der Waals surface area contributed by atoms with Crippen molar-refractivity contribution in [3.8, 4) is 0 Å². The lowest BCUT2D eigenvalue weighted by atomic mass is 9.86. The Morgan fingerprint density at radius 1 is 1.05 bits per heavy atom. The number of rotatable bonds is 3. The SMILES string of the molecule is CNC(c1ccc(C(C)(C)C)cc1)c1ccc(Cl)cn1. The fraction of sp³-hybridized carbons (Fsp3) is 0.353. The minimum absolute atomic E-state index is 0.0845. The summed E-state index contributed by atoms with van der Waals surface area (Å²) in [6.07, 6.45) is 1.69. The van der Waals surface area contributed by atoms with Crippen LogP contribution in [-0.2, 0) is 5.41 Å². The van der Waals surface area contributed by atoms with Crippen LogP contribution in [0, 0.1) is 0 Å². The van der Waals surface area contributed by atoms with Crippen LogP contribution in [-0.4, -0.2) is 12.0 Å². The van der Waals surface area contributed by atoms with Crippen molar-refractivity contribution in [1.29, 1.82) is 0 Å². The predicted molar refractivity (Wildman–Crippen MR) is 85.3 cm³/mol. The fourth-order valence-corrected chi connectivity index (χ4v) is 2.33. The van der Waals surface area contributed by atoms with E-state index in [0.29, 0.717) is 5.02 Å². The number of hydrogen-bond donors (Lipinski definition) is 1. The van der Waals surface area contributed by atoms with Crippen molar-refractivity contribution in [2.24, 2.45) is 0 Å². The second kappa shape index (κ2) is 5.94. The quantitative estimate of drug-likeness (QED) is 0.909. The molecule has 0 fully saturated rings. The van der Waals surface area contributed by atoms with Crippen LogP contribution in [0.4, 0.5) is 0 Å². The molecule has 0 radical (unpaired) electrons. The Labute approximate surface area is 126 Å². The largest absolute Gasteiger partial charge is 0.308 e. The smallest absolute Gasteiger partial charge is 0.0748 e. The van der Waals surface area contributed by atoms with E-state index in [0.717, 1.165) is 5.69 Å². The van der Waals surface area contributed by atoms with Crippen molar-refractivity contribution in [3.05, 3.63) is 64.4 Å². The summed E-state index contributed by atoms with van der Waals surface area (Å²) in [5.41, 5.74) is 3.68. The summed E-state index contributed by atoms with van der Waals surface area (Å²) in [6, 6.07) is 12.6. The summed E-state index contributed by atoms with van der Waals surface area (Å²) in [4.78, 5) is 4.40. The van der Waals surface area contributed by atoms with Crippen LogP contribution in [0.5, 0.6) is 0 Å². The number of halogens is 1. The molecule has 20 heavy (non-hydrogen) atoms. The average molecular weight is 289 g/mol. The summed E-state index contributed by atoms with van der Waals surface area (Å²) < 4.78 is 0.